The van der Waals surface area contributed by atoms with Crippen molar-refractivity contribution in [3.63, 3.8) is 0 Å². The molecule has 0 fully saturated rings. The predicted molar refractivity (Wildman–Crippen MR) is 57.4 cm³/mol. The number of anilines is 1. The standard InChI is InChI=1S/C10H12FN5/c1-16-5-4-13-10(16)2-3-12-9-6-8(11)14-7-15-9/h4-7H,2-3H2,1H3,(H,12,14,15). The minimum absolute atomic E-state index is 0.488. The summed E-state index contributed by atoms with van der Waals surface area (Å²) in [4.78, 5) is 11.4. The Kier molecular flexibility index (Phi) is 3.09. The van der Waals surface area contributed by atoms with Crippen LogP contribution < -0.4 is 5.32 Å². The molecule has 0 aliphatic rings. The highest BCUT2D eigenvalue weighted by molar-refractivity contribution is 5.31. The van der Waals surface area contributed by atoms with Gasteiger partial charge in [0.25, 0.3) is 0 Å². The van der Waals surface area contributed by atoms with Crippen LogP contribution in [0.2, 0.25) is 0 Å². The third-order valence-electron chi connectivity index (χ3n) is 2.21. The molecule has 6 heteroatoms. The molecule has 0 saturated carbocycles. The fourth-order valence-electron chi connectivity index (χ4n) is 1.37. The van der Waals surface area contributed by atoms with Crippen molar-refractivity contribution in [2.45, 2.75) is 6.42 Å². The Morgan fingerprint density at radius 2 is 2.25 bits per heavy atom. The first-order valence-corrected chi connectivity index (χ1v) is 4.93. The summed E-state index contributed by atoms with van der Waals surface area (Å²) in [5, 5.41) is 3.01. The lowest BCUT2D eigenvalue weighted by atomic mass is 10.4. The summed E-state index contributed by atoms with van der Waals surface area (Å²) >= 11 is 0. The predicted octanol–water partition coefficient (Wildman–Crippen LogP) is 1.00. The molecule has 0 atom stereocenters. The van der Waals surface area contributed by atoms with Gasteiger partial charge < -0.3 is 9.88 Å². The molecule has 16 heavy (non-hydrogen) atoms. The Hall–Kier alpha value is -1.98. The monoisotopic (exact) mass is 221 g/mol. The fraction of sp³-hybridized carbons (Fsp3) is 0.300. The van der Waals surface area contributed by atoms with E-state index in [0.29, 0.717) is 12.4 Å². The summed E-state index contributed by atoms with van der Waals surface area (Å²) in [6, 6.07) is 1.26. The van der Waals surface area contributed by atoms with E-state index in [1.54, 1.807) is 6.20 Å². The smallest absolute Gasteiger partial charge is 0.217 e. The van der Waals surface area contributed by atoms with E-state index in [1.807, 2.05) is 17.8 Å². The van der Waals surface area contributed by atoms with E-state index < -0.39 is 5.95 Å². The second-order valence-electron chi connectivity index (χ2n) is 3.36. The van der Waals surface area contributed by atoms with Crippen molar-refractivity contribution in [1.82, 2.24) is 19.5 Å². The summed E-state index contributed by atoms with van der Waals surface area (Å²) < 4.78 is 14.7. The van der Waals surface area contributed by atoms with Crippen LogP contribution in [0.3, 0.4) is 0 Å². The van der Waals surface area contributed by atoms with Crippen LogP contribution in [0.25, 0.3) is 0 Å². The highest BCUT2D eigenvalue weighted by atomic mass is 19.1. The van der Waals surface area contributed by atoms with Gasteiger partial charge in [0.2, 0.25) is 5.95 Å². The van der Waals surface area contributed by atoms with Crippen molar-refractivity contribution in [3.8, 4) is 0 Å². The normalized spacial score (nSPS) is 10.4. The molecule has 0 aliphatic carbocycles. The number of halogens is 1. The Morgan fingerprint density at radius 1 is 1.38 bits per heavy atom. The maximum absolute atomic E-state index is 12.7. The number of rotatable bonds is 4. The van der Waals surface area contributed by atoms with Crippen molar-refractivity contribution in [3.05, 3.63) is 36.6 Å². The number of nitrogens with one attached hydrogen (secondary N) is 1. The molecule has 0 amide bonds. The SMILES string of the molecule is Cn1ccnc1CCNc1cc(F)ncn1. The Morgan fingerprint density at radius 3 is 2.94 bits per heavy atom. The van der Waals surface area contributed by atoms with E-state index in [-0.39, 0.29) is 0 Å². The minimum Gasteiger partial charge on any atom is -0.369 e. The molecule has 0 saturated heterocycles. The van der Waals surface area contributed by atoms with Gasteiger partial charge in [-0.25, -0.2) is 15.0 Å². The van der Waals surface area contributed by atoms with Gasteiger partial charge in [-0.3, -0.25) is 0 Å². The molecule has 2 aromatic rings. The van der Waals surface area contributed by atoms with E-state index in [4.69, 9.17) is 0 Å². The second-order valence-corrected chi connectivity index (χ2v) is 3.36. The number of hydrogen-bond acceptors (Lipinski definition) is 4. The van der Waals surface area contributed by atoms with Crippen LogP contribution in [0, 0.1) is 5.95 Å². The van der Waals surface area contributed by atoms with Crippen molar-refractivity contribution < 1.29 is 4.39 Å². The van der Waals surface area contributed by atoms with Gasteiger partial charge in [-0.05, 0) is 0 Å². The van der Waals surface area contributed by atoms with Crippen LogP contribution in [0.15, 0.2) is 24.8 Å². The number of aromatic nitrogens is 4. The van der Waals surface area contributed by atoms with Crippen LogP contribution in [0.5, 0.6) is 0 Å². The molecule has 84 valence electrons. The Balaban J connectivity index is 1.87. The molecule has 0 radical (unpaired) electrons. The fourth-order valence-corrected chi connectivity index (χ4v) is 1.37. The quantitative estimate of drug-likeness (QED) is 0.783. The third-order valence-corrected chi connectivity index (χ3v) is 2.21. The van der Waals surface area contributed by atoms with E-state index >= 15 is 0 Å². The topological polar surface area (TPSA) is 55.6 Å². The van der Waals surface area contributed by atoms with Crippen LogP contribution in [-0.2, 0) is 13.5 Å². The average Bonchev–Trinajstić information content (AvgIpc) is 2.65. The number of hydrogen-bond donors (Lipinski definition) is 1. The van der Waals surface area contributed by atoms with E-state index in [9.17, 15) is 4.39 Å². The molecule has 1 N–H and O–H groups in total. The number of aryl methyl sites for hydroxylation is 1. The van der Waals surface area contributed by atoms with Crippen molar-refractivity contribution in [2.24, 2.45) is 7.05 Å². The van der Waals surface area contributed by atoms with Gasteiger partial charge in [0.15, 0.2) is 0 Å². The van der Waals surface area contributed by atoms with Gasteiger partial charge in [0, 0.05) is 38.5 Å². The van der Waals surface area contributed by atoms with Crippen LogP contribution in [0.4, 0.5) is 10.2 Å². The molecule has 0 bridgehead atoms. The Bertz CT molecular complexity index is 468. The first kappa shape index (κ1) is 10.5. The van der Waals surface area contributed by atoms with Crippen molar-refractivity contribution >= 4 is 5.82 Å². The molecule has 0 aliphatic heterocycles. The summed E-state index contributed by atoms with van der Waals surface area (Å²) in [5.41, 5.74) is 0. The first-order valence-electron chi connectivity index (χ1n) is 4.93. The largest absolute Gasteiger partial charge is 0.369 e. The van der Waals surface area contributed by atoms with Gasteiger partial charge in [0.1, 0.15) is 18.0 Å². The summed E-state index contributed by atoms with van der Waals surface area (Å²) in [5.74, 6) is 0.929. The molecular formula is C10H12FN5. The third kappa shape index (κ3) is 2.53. The maximum Gasteiger partial charge on any atom is 0.217 e. The van der Waals surface area contributed by atoms with Gasteiger partial charge in [-0.2, -0.15) is 4.39 Å². The summed E-state index contributed by atoms with van der Waals surface area (Å²) in [6.45, 7) is 0.654. The molecular weight excluding hydrogens is 209 g/mol. The highest BCUT2D eigenvalue weighted by Gasteiger charge is 2.00. The lowest BCUT2D eigenvalue weighted by molar-refractivity contribution is 0.580. The molecule has 2 rings (SSSR count). The molecule has 0 unspecified atom stereocenters. The minimum atomic E-state index is -0.533. The highest BCUT2D eigenvalue weighted by Crippen LogP contribution is 2.02. The maximum atomic E-state index is 12.7. The lowest BCUT2D eigenvalue weighted by Crippen LogP contribution is -2.09. The van der Waals surface area contributed by atoms with Crippen molar-refractivity contribution in [1.29, 1.82) is 0 Å². The summed E-state index contributed by atoms with van der Waals surface area (Å²) in [7, 11) is 1.94. The zero-order chi connectivity index (χ0) is 11.4. The van der Waals surface area contributed by atoms with Gasteiger partial charge >= 0.3 is 0 Å². The van der Waals surface area contributed by atoms with Crippen LogP contribution in [0.1, 0.15) is 5.82 Å². The molecule has 0 spiro atoms. The molecule has 2 heterocycles. The average molecular weight is 221 g/mol. The van der Waals surface area contributed by atoms with Gasteiger partial charge in [0.05, 0.1) is 0 Å². The molecule has 2 aromatic heterocycles. The van der Waals surface area contributed by atoms with E-state index in [2.05, 4.69) is 20.3 Å². The van der Waals surface area contributed by atoms with Gasteiger partial charge in [-0.15, -0.1) is 0 Å². The Labute approximate surface area is 92.4 Å². The lowest BCUT2D eigenvalue weighted by Gasteiger charge is -2.04. The van der Waals surface area contributed by atoms with Gasteiger partial charge in [-0.1, -0.05) is 0 Å². The molecule has 0 aromatic carbocycles. The zero-order valence-corrected chi connectivity index (χ0v) is 8.89. The summed E-state index contributed by atoms with van der Waals surface area (Å²) in [6.07, 6.45) is 5.59. The number of imidazole rings is 1. The van der Waals surface area contributed by atoms with Crippen LogP contribution in [-0.4, -0.2) is 26.1 Å². The second kappa shape index (κ2) is 4.69. The first-order chi connectivity index (χ1) is 7.75. The van der Waals surface area contributed by atoms with Crippen molar-refractivity contribution in [2.75, 3.05) is 11.9 Å². The molecule has 5 nitrogen and oxygen atoms in total. The van der Waals surface area contributed by atoms with Crippen LogP contribution >= 0.6 is 0 Å². The van der Waals surface area contributed by atoms with E-state index in [1.165, 1.54) is 12.4 Å². The van der Waals surface area contributed by atoms with E-state index in [0.717, 1.165) is 12.2 Å². The number of nitrogens with zero attached hydrogens (tertiary/aromatic N) is 4. The zero-order valence-electron chi connectivity index (χ0n) is 8.89.